The molecule has 0 bridgehead atoms. The molecule has 0 aliphatic rings. The number of rotatable bonds is 15. The van der Waals surface area contributed by atoms with Gasteiger partial charge in [-0.2, -0.15) is 0 Å². The lowest BCUT2D eigenvalue weighted by molar-refractivity contribution is -0.124. The number of methoxy groups -OCH3 is 1. The van der Waals surface area contributed by atoms with Crippen LogP contribution in [-0.2, 0) is 16.0 Å². The number of aromatic hydroxyl groups is 1. The van der Waals surface area contributed by atoms with E-state index in [0.29, 0.717) is 23.5 Å². The Morgan fingerprint density at radius 3 is 2.66 bits per heavy atom. The van der Waals surface area contributed by atoms with E-state index in [4.69, 9.17) is 9.84 Å². The van der Waals surface area contributed by atoms with Crippen molar-refractivity contribution >= 4 is 17.6 Å². The van der Waals surface area contributed by atoms with Gasteiger partial charge in [-0.1, -0.05) is 25.8 Å². The van der Waals surface area contributed by atoms with Crippen molar-refractivity contribution < 1.29 is 24.5 Å². The lowest BCUT2D eigenvalue weighted by Crippen LogP contribution is -2.15. The van der Waals surface area contributed by atoms with Gasteiger partial charge in [0, 0.05) is 18.6 Å². The molecule has 0 amide bonds. The van der Waals surface area contributed by atoms with Gasteiger partial charge < -0.3 is 20.3 Å². The zero-order valence-corrected chi connectivity index (χ0v) is 17.9. The summed E-state index contributed by atoms with van der Waals surface area (Å²) >= 11 is 0. The number of ketones is 2. The molecular formula is C23H35NO5. The summed E-state index contributed by atoms with van der Waals surface area (Å²) in [5.41, 5.74) is 1.21. The van der Waals surface area contributed by atoms with E-state index < -0.39 is 0 Å². The Morgan fingerprint density at radius 1 is 1.24 bits per heavy atom. The third-order valence-electron chi connectivity index (χ3n) is 4.82. The number of phenols is 1. The Balaban J connectivity index is 2.46. The van der Waals surface area contributed by atoms with E-state index in [-0.39, 0.29) is 42.5 Å². The van der Waals surface area contributed by atoms with Gasteiger partial charge >= 0.3 is 0 Å². The van der Waals surface area contributed by atoms with Crippen molar-refractivity contribution in [2.24, 2.45) is 5.92 Å². The highest BCUT2D eigenvalue weighted by Crippen LogP contribution is 2.32. The number of ether oxygens (including phenoxy) is 1. The number of carbonyl (C=O) groups excluding carboxylic acids is 2. The maximum atomic E-state index is 12.1. The van der Waals surface area contributed by atoms with E-state index in [2.05, 4.69) is 12.2 Å². The van der Waals surface area contributed by atoms with E-state index in [9.17, 15) is 14.7 Å². The molecule has 0 radical (unpaired) electrons. The van der Waals surface area contributed by atoms with Gasteiger partial charge in [0.15, 0.2) is 17.3 Å². The molecule has 6 heteroatoms. The van der Waals surface area contributed by atoms with Crippen molar-refractivity contribution in [3.05, 3.63) is 29.3 Å². The van der Waals surface area contributed by atoms with Crippen LogP contribution in [0.15, 0.2) is 18.2 Å². The first-order valence-electron chi connectivity index (χ1n) is 10.3. The number of unbranched alkanes of at least 4 members (excludes halogenated alkanes) is 2. The smallest absolute Gasteiger partial charge is 0.163 e. The minimum Gasteiger partial charge on any atom is -0.504 e. The summed E-state index contributed by atoms with van der Waals surface area (Å²) in [6, 6.07) is 3.30. The highest BCUT2D eigenvalue weighted by molar-refractivity contribution is 6.06. The Bertz CT molecular complexity index is 684. The third-order valence-corrected chi connectivity index (χ3v) is 4.82. The molecule has 3 N–H and O–H groups in total. The second-order valence-corrected chi connectivity index (χ2v) is 7.48. The topological polar surface area (TPSA) is 95.9 Å². The zero-order valence-electron chi connectivity index (χ0n) is 17.9. The second kappa shape index (κ2) is 13.9. The van der Waals surface area contributed by atoms with Gasteiger partial charge in [-0.3, -0.25) is 9.59 Å². The molecule has 1 rings (SSSR count). The van der Waals surface area contributed by atoms with Gasteiger partial charge in [-0.05, 0) is 62.5 Å². The maximum Gasteiger partial charge on any atom is 0.163 e. The number of hydrogen-bond donors (Lipinski definition) is 3. The number of allylic oxidation sites excluding steroid dienone is 1. The molecule has 0 aliphatic carbocycles. The summed E-state index contributed by atoms with van der Waals surface area (Å²) in [5.74, 6) is 0.628. The number of Topliss-reactive ketones (excluding diaryl/α,β-unsaturated/α-hetero) is 1. The molecule has 1 unspecified atom stereocenters. The quantitative estimate of drug-likeness (QED) is 0.235. The van der Waals surface area contributed by atoms with Crippen LogP contribution in [0.2, 0.25) is 0 Å². The zero-order chi connectivity index (χ0) is 21.6. The molecule has 0 fully saturated rings. The molecule has 0 heterocycles. The SMILES string of the molecule is CNCC(C)CCCCCC(=O)CC(=O)C=Cc1cc(CCO)c(O)c(OC)c1. The molecular weight excluding hydrogens is 370 g/mol. The molecule has 0 saturated heterocycles. The van der Waals surface area contributed by atoms with Crippen molar-refractivity contribution in [2.45, 2.75) is 51.9 Å². The largest absolute Gasteiger partial charge is 0.504 e. The number of nitrogens with one attached hydrogen (secondary N) is 1. The van der Waals surface area contributed by atoms with Crippen LogP contribution in [0, 0.1) is 5.92 Å². The van der Waals surface area contributed by atoms with E-state index in [1.165, 1.54) is 13.2 Å². The van der Waals surface area contributed by atoms with Crippen LogP contribution >= 0.6 is 0 Å². The summed E-state index contributed by atoms with van der Waals surface area (Å²) in [7, 11) is 3.39. The Hall–Kier alpha value is -2.18. The van der Waals surface area contributed by atoms with Crippen LogP contribution in [0.1, 0.15) is 56.6 Å². The molecule has 29 heavy (non-hydrogen) atoms. The first-order valence-corrected chi connectivity index (χ1v) is 10.3. The minimum atomic E-state index is -0.242. The van der Waals surface area contributed by atoms with Crippen LogP contribution in [0.4, 0.5) is 0 Å². The van der Waals surface area contributed by atoms with Crippen molar-refractivity contribution in [2.75, 3.05) is 27.3 Å². The van der Waals surface area contributed by atoms with Gasteiger partial charge in [0.1, 0.15) is 5.78 Å². The predicted molar refractivity (Wildman–Crippen MR) is 115 cm³/mol. The predicted octanol–water partition coefficient (Wildman–Crippen LogP) is 3.28. The standard InChI is InChI=1S/C23H35NO5/c1-17(16-24-2)7-5-4-6-8-20(26)15-21(27)10-9-18-13-19(11-12-25)23(28)22(14-18)29-3/h9-10,13-14,17,24-25,28H,4-8,11-12,15-16H2,1-3H3. The fraction of sp³-hybridized carbons (Fsp3) is 0.565. The fourth-order valence-electron chi connectivity index (χ4n) is 3.23. The number of hydrogen-bond acceptors (Lipinski definition) is 6. The van der Waals surface area contributed by atoms with E-state index in [1.807, 2.05) is 7.05 Å². The molecule has 1 aromatic carbocycles. The number of carbonyl (C=O) groups is 2. The minimum absolute atomic E-state index is 0.0134. The van der Waals surface area contributed by atoms with Gasteiger partial charge in [-0.25, -0.2) is 0 Å². The number of phenolic OH excluding ortho intramolecular Hbond substituents is 1. The molecule has 162 valence electrons. The summed E-state index contributed by atoms with van der Waals surface area (Å²) in [4.78, 5) is 24.1. The fourth-order valence-corrected chi connectivity index (χ4v) is 3.23. The number of aliphatic hydroxyl groups excluding tert-OH is 1. The number of aliphatic hydroxyl groups is 1. The Morgan fingerprint density at radius 2 is 2.00 bits per heavy atom. The van der Waals surface area contributed by atoms with Gasteiger partial charge in [-0.15, -0.1) is 0 Å². The lowest BCUT2D eigenvalue weighted by atomic mass is 10.0. The Kier molecular flexibility index (Phi) is 11.9. The molecule has 6 nitrogen and oxygen atoms in total. The van der Waals surface area contributed by atoms with Crippen molar-refractivity contribution in [1.82, 2.24) is 5.32 Å². The monoisotopic (exact) mass is 405 g/mol. The molecule has 1 atom stereocenters. The molecule has 0 saturated carbocycles. The van der Waals surface area contributed by atoms with E-state index in [1.54, 1.807) is 18.2 Å². The van der Waals surface area contributed by atoms with E-state index >= 15 is 0 Å². The summed E-state index contributed by atoms with van der Waals surface area (Å²) in [6.07, 6.45) is 7.68. The Labute approximate surface area is 174 Å². The van der Waals surface area contributed by atoms with Crippen LogP contribution in [0.3, 0.4) is 0 Å². The summed E-state index contributed by atoms with van der Waals surface area (Å²) < 4.78 is 5.13. The van der Waals surface area contributed by atoms with Crippen LogP contribution < -0.4 is 10.1 Å². The molecule has 0 spiro atoms. The average molecular weight is 406 g/mol. The van der Waals surface area contributed by atoms with Crippen molar-refractivity contribution in [1.29, 1.82) is 0 Å². The normalized spacial score (nSPS) is 12.3. The number of benzene rings is 1. The molecule has 0 aromatic heterocycles. The summed E-state index contributed by atoms with van der Waals surface area (Å²) in [6.45, 7) is 3.11. The summed E-state index contributed by atoms with van der Waals surface area (Å²) in [5, 5.41) is 22.3. The first-order chi connectivity index (χ1) is 13.9. The maximum absolute atomic E-state index is 12.1. The van der Waals surface area contributed by atoms with Gasteiger partial charge in [0.25, 0.3) is 0 Å². The van der Waals surface area contributed by atoms with Crippen molar-refractivity contribution in [3.8, 4) is 11.5 Å². The van der Waals surface area contributed by atoms with Gasteiger partial charge in [0.05, 0.1) is 13.5 Å². The van der Waals surface area contributed by atoms with Gasteiger partial charge in [0.2, 0.25) is 0 Å². The first kappa shape index (κ1) is 24.9. The lowest BCUT2D eigenvalue weighted by Gasteiger charge is -2.10. The van der Waals surface area contributed by atoms with E-state index in [0.717, 1.165) is 32.2 Å². The highest BCUT2D eigenvalue weighted by atomic mass is 16.5. The van der Waals surface area contributed by atoms with Crippen LogP contribution in [-0.4, -0.2) is 49.1 Å². The second-order valence-electron chi connectivity index (χ2n) is 7.48. The highest BCUT2D eigenvalue weighted by Gasteiger charge is 2.11. The average Bonchev–Trinajstić information content (AvgIpc) is 2.68. The third kappa shape index (κ3) is 9.72. The molecule has 1 aromatic rings. The van der Waals surface area contributed by atoms with Crippen LogP contribution in [0.5, 0.6) is 11.5 Å². The molecule has 0 aliphatic heterocycles. The van der Waals surface area contributed by atoms with Crippen molar-refractivity contribution in [3.63, 3.8) is 0 Å². The van der Waals surface area contributed by atoms with Crippen LogP contribution in [0.25, 0.3) is 6.08 Å².